The van der Waals surface area contributed by atoms with E-state index in [2.05, 4.69) is 62.2 Å². The van der Waals surface area contributed by atoms with Crippen molar-refractivity contribution >= 4 is 81.1 Å². The lowest BCUT2D eigenvalue weighted by Gasteiger charge is -2.37. The topological polar surface area (TPSA) is 219 Å². The third kappa shape index (κ3) is 20.4. The first-order valence-corrected chi connectivity index (χ1v) is 35.9. The van der Waals surface area contributed by atoms with Crippen molar-refractivity contribution in [2.75, 3.05) is 95.5 Å². The first-order chi connectivity index (χ1) is 49.4. The molecular formula is C78H84Cl3F5N12O5. The molecule has 3 unspecified atom stereocenters. The minimum Gasteiger partial charge on any atom is -0.389 e. The lowest BCUT2D eigenvalue weighted by Crippen LogP contribution is -2.48. The summed E-state index contributed by atoms with van der Waals surface area (Å²) in [7, 11) is 3.99. The van der Waals surface area contributed by atoms with Crippen molar-refractivity contribution in [3.8, 4) is 18.2 Å². The molecule has 2 saturated carbocycles. The Hall–Kier alpha value is -8.60. The van der Waals surface area contributed by atoms with E-state index in [-0.39, 0.29) is 46.3 Å². The number of aliphatic hydroxyl groups is 2. The number of nitrogens with one attached hydrogen (secondary N) is 3. The van der Waals surface area contributed by atoms with Gasteiger partial charge in [0.15, 0.2) is 0 Å². The number of alkyl halides is 3. The minimum absolute atomic E-state index is 0.0261. The van der Waals surface area contributed by atoms with Gasteiger partial charge in [0.25, 0.3) is 0 Å². The maximum absolute atomic E-state index is 13.7. The second kappa shape index (κ2) is 35.3. The number of hydrogen-bond acceptors (Lipinski definition) is 11. The van der Waals surface area contributed by atoms with Crippen molar-refractivity contribution in [3.05, 3.63) is 205 Å². The monoisotopic (exact) mass is 1470 g/mol. The van der Waals surface area contributed by atoms with E-state index in [0.717, 1.165) is 106 Å². The number of anilines is 3. The lowest BCUT2D eigenvalue weighted by atomic mass is 9.80. The number of benzene rings is 6. The van der Waals surface area contributed by atoms with Gasteiger partial charge in [-0.05, 0) is 234 Å². The van der Waals surface area contributed by atoms with Crippen LogP contribution in [0.15, 0.2) is 140 Å². The van der Waals surface area contributed by atoms with E-state index in [1.54, 1.807) is 29.2 Å². The number of nitrogens with zero attached hydrogens (tertiary/aromatic N) is 9. The highest BCUT2D eigenvalue weighted by atomic mass is 35.5. The molecule has 6 aliphatic rings. The SMILES string of the molecule is CN(C)CCN(C(=O)Nc1ccc(Cl)c(Cl)c1)C1CC=C(c2cccc(C#N)c2)CC1.N#Cc1cccc(C2=CCC(N(CCN3CCCC3)C(=O)Nc3ccc(F)c(C(F)(F)F)c3)CC2)c1.N#Cc1cccc([C@@]23CC[C@@H](N(CCN4C[C@@H](O)[C@@H](O)C4)C(=O)Nc4ccc(F)c(Cl)c4)CC2C3)c1. The summed E-state index contributed by atoms with van der Waals surface area (Å²) in [5.41, 5.74) is 7.14. The predicted octanol–water partition coefficient (Wildman–Crippen LogP) is 15.9. The molecule has 5 N–H and O–H groups in total. The van der Waals surface area contributed by atoms with Crippen LogP contribution in [-0.4, -0.2) is 168 Å². The number of carbonyl (C=O) groups excluding carboxylic acids is 3. The van der Waals surface area contributed by atoms with E-state index in [4.69, 9.17) is 40.1 Å². The Balaban J connectivity index is 0.000000167. The maximum atomic E-state index is 13.7. The zero-order valence-electron chi connectivity index (χ0n) is 57.5. The van der Waals surface area contributed by atoms with Gasteiger partial charge in [0.1, 0.15) is 11.6 Å². The summed E-state index contributed by atoms with van der Waals surface area (Å²) in [6.45, 7) is 6.16. The fourth-order valence-electron chi connectivity index (χ4n) is 14.6. The van der Waals surface area contributed by atoms with Crippen LogP contribution in [-0.2, 0) is 11.6 Å². The molecule has 12 rings (SSSR count). The molecule has 6 aromatic rings. The Morgan fingerprint density at radius 2 is 1.06 bits per heavy atom. The Morgan fingerprint density at radius 1 is 0.573 bits per heavy atom. The van der Waals surface area contributed by atoms with Crippen LogP contribution in [0.4, 0.5) is 53.4 Å². The van der Waals surface area contributed by atoms with Gasteiger partial charge in [-0.3, -0.25) is 4.90 Å². The van der Waals surface area contributed by atoms with Crippen molar-refractivity contribution < 1.29 is 46.5 Å². The number of β-amino-alcohol motifs (C(OH)–C–C–N with tert-alkyl or cyclic N) is 2. The summed E-state index contributed by atoms with van der Waals surface area (Å²) in [5.74, 6) is -1.48. The Bertz CT molecular complexity index is 4200. The van der Waals surface area contributed by atoms with Gasteiger partial charge in [0.2, 0.25) is 0 Å². The van der Waals surface area contributed by atoms with Crippen LogP contribution in [0.5, 0.6) is 0 Å². The molecule has 2 saturated heterocycles. The summed E-state index contributed by atoms with van der Waals surface area (Å²) in [4.78, 5) is 51.5. The largest absolute Gasteiger partial charge is 0.419 e. The van der Waals surface area contributed by atoms with Crippen molar-refractivity contribution in [1.29, 1.82) is 15.8 Å². The Morgan fingerprint density at radius 3 is 1.55 bits per heavy atom. The molecule has 2 heterocycles. The molecule has 103 heavy (non-hydrogen) atoms. The highest BCUT2D eigenvalue weighted by molar-refractivity contribution is 6.42. The molecule has 17 nitrogen and oxygen atoms in total. The number of aliphatic hydroxyl groups excluding tert-OH is 2. The smallest absolute Gasteiger partial charge is 0.389 e. The van der Waals surface area contributed by atoms with E-state index in [9.17, 15) is 57.1 Å². The molecule has 6 amide bonds. The highest BCUT2D eigenvalue weighted by Crippen LogP contribution is 2.63. The number of likely N-dealkylation sites (N-methyl/N-ethyl adjacent to an activating group) is 1. The van der Waals surface area contributed by atoms with Crippen LogP contribution < -0.4 is 16.0 Å². The van der Waals surface area contributed by atoms with Crippen molar-refractivity contribution in [2.24, 2.45) is 5.92 Å². The normalized spacial score (nSPS) is 21.5. The summed E-state index contributed by atoms with van der Waals surface area (Å²) in [6, 6.07) is 40.3. The van der Waals surface area contributed by atoms with Crippen LogP contribution in [0.1, 0.15) is 116 Å². The molecule has 4 aliphatic carbocycles. The summed E-state index contributed by atoms with van der Waals surface area (Å²) in [6.07, 6.45) is 8.24. The van der Waals surface area contributed by atoms with E-state index >= 15 is 0 Å². The number of amides is 6. The van der Waals surface area contributed by atoms with Crippen molar-refractivity contribution in [1.82, 2.24) is 29.4 Å². The number of hydrogen-bond donors (Lipinski definition) is 5. The molecular weight excluding hydrogens is 1390 g/mol. The van der Waals surface area contributed by atoms with Gasteiger partial charge >= 0.3 is 24.3 Å². The minimum atomic E-state index is -4.85. The van der Waals surface area contributed by atoms with Crippen molar-refractivity contribution in [2.45, 2.75) is 119 Å². The van der Waals surface area contributed by atoms with E-state index in [1.165, 1.54) is 29.3 Å². The Kier molecular flexibility index (Phi) is 26.4. The number of carbonyl (C=O) groups is 3. The number of allylic oxidation sites excluding steroid dienone is 2. The second-order valence-electron chi connectivity index (χ2n) is 27.4. The predicted molar refractivity (Wildman–Crippen MR) is 391 cm³/mol. The molecule has 2 aliphatic heterocycles. The number of nitriles is 3. The van der Waals surface area contributed by atoms with Gasteiger partial charge in [-0.25, -0.2) is 23.2 Å². The maximum Gasteiger partial charge on any atom is 0.419 e. The molecule has 6 aromatic carbocycles. The number of rotatable bonds is 18. The average Bonchev–Trinajstić information content (AvgIpc) is 1.56. The van der Waals surface area contributed by atoms with E-state index in [0.29, 0.717) is 115 Å². The number of urea groups is 3. The molecule has 7 atom stereocenters. The quantitative estimate of drug-likeness (QED) is 0.0510. The summed E-state index contributed by atoms with van der Waals surface area (Å²) in [5, 5.41) is 56.6. The second-order valence-corrected chi connectivity index (χ2v) is 28.7. The molecule has 0 spiro atoms. The number of fused-ring (bicyclic) bond motifs is 1. The van der Waals surface area contributed by atoms with Gasteiger partial charge in [0.05, 0.1) is 67.7 Å². The fraction of sp³-hybridized carbons (Fsp3) is 0.410. The fourth-order valence-corrected chi connectivity index (χ4v) is 15.1. The van der Waals surface area contributed by atoms with Gasteiger partial charge < -0.3 is 50.7 Å². The van der Waals surface area contributed by atoms with Crippen LogP contribution in [0, 0.1) is 51.5 Å². The molecule has 542 valence electrons. The van der Waals surface area contributed by atoms with Crippen molar-refractivity contribution in [3.63, 3.8) is 0 Å². The van der Waals surface area contributed by atoms with E-state index < -0.39 is 41.6 Å². The number of likely N-dealkylation sites (tertiary alicyclic amines) is 2. The lowest BCUT2D eigenvalue weighted by molar-refractivity contribution is -0.139. The Labute approximate surface area is 613 Å². The van der Waals surface area contributed by atoms with Gasteiger partial charge in [-0.15, -0.1) is 0 Å². The van der Waals surface area contributed by atoms with Gasteiger partial charge in [0, 0.05) is 87.5 Å². The average molecular weight is 1470 g/mol. The first-order valence-electron chi connectivity index (χ1n) is 34.8. The molecule has 4 fully saturated rings. The van der Waals surface area contributed by atoms with Crippen LogP contribution >= 0.6 is 34.8 Å². The summed E-state index contributed by atoms with van der Waals surface area (Å²) < 4.78 is 66.7. The van der Waals surface area contributed by atoms with Crippen LogP contribution in [0.2, 0.25) is 15.1 Å². The zero-order valence-corrected chi connectivity index (χ0v) is 59.7. The molecule has 0 aromatic heterocycles. The third-order valence-electron chi connectivity index (χ3n) is 20.4. The number of halogens is 8. The van der Waals surface area contributed by atoms with Crippen LogP contribution in [0.25, 0.3) is 11.1 Å². The standard InChI is InChI=1S/C27H30ClFN4O3.C27H28F4N4O.C24H26Cl2N4O/c28-22-12-20(4-5-23(22)29)31-26(36)33(9-8-32-15-24(34)25(35)16-32)21-6-7-27(13-19(27)11-21)18-3-1-2-17(10-18)14-30;28-25-11-8-22(17-24(25)27(29,30)31)33-26(36)35(15-14-34-12-1-2-13-34)23-9-6-20(7-10-23)21-5-3-4-19(16-21)18-32;1-29(2)12-13-30(24(31)28-20-8-11-22(25)23(26)15-20)21-9-6-18(7-10-21)19-5-3-4-17(14-19)16-27/h1-5,10,12,19,21,24-25,34-35H,6-9,11,13,15-16H2,(H,31,36);3-6,8,11,16-17,23H,1-2,7,9-10,12-15H2,(H,33,36);3-6,8,11,14-15,21H,7,9-10,12-13H2,1-2H3,(H,28,31)/t19?,21-,24-,25+,27+;;/m1../s1. The molecule has 25 heteroatoms. The summed E-state index contributed by atoms with van der Waals surface area (Å²) >= 11 is 18.0. The van der Waals surface area contributed by atoms with E-state index in [1.807, 2.05) is 89.5 Å². The van der Waals surface area contributed by atoms with Crippen LogP contribution in [0.3, 0.4) is 0 Å². The highest BCUT2D eigenvalue weighted by Gasteiger charge is 2.58. The molecule has 0 bridgehead atoms. The van der Waals surface area contributed by atoms with Gasteiger partial charge in [-0.2, -0.15) is 29.0 Å². The first kappa shape index (κ1) is 77.0. The molecule has 0 radical (unpaired) electrons. The third-order valence-corrected chi connectivity index (χ3v) is 21.4. The van der Waals surface area contributed by atoms with Gasteiger partial charge in [-0.1, -0.05) is 83.4 Å². The zero-order chi connectivity index (χ0) is 73.5.